The number of benzene rings is 2. The molecule has 0 N–H and O–H groups in total. The van der Waals surface area contributed by atoms with Crippen molar-refractivity contribution in [3.63, 3.8) is 0 Å². The van der Waals surface area contributed by atoms with Gasteiger partial charge in [-0.1, -0.05) is 63.6 Å². The highest BCUT2D eigenvalue weighted by molar-refractivity contribution is 6.30. The van der Waals surface area contributed by atoms with E-state index in [1.165, 1.54) is 11.1 Å². The molecule has 0 aliphatic carbocycles. The van der Waals surface area contributed by atoms with Crippen molar-refractivity contribution in [3.8, 4) is 5.75 Å². The summed E-state index contributed by atoms with van der Waals surface area (Å²) in [6, 6.07) is 16.0. The van der Waals surface area contributed by atoms with E-state index in [9.17, 15) is 0 Å². The molecule has 0 radical (unpaired) electrons. The predicted molar refractivity (Wildman–Crippen MR) is 94.6 cm³/mol. The van der Waals surface area contributed by atoms with Gasteiger partial charge in [-0.05, 0) is 48.2 Å². The van der Waals surface area contributed by atoms with Crippen molar-refractivity contribution in [1.29, 1.82) is 0 Å². The van der Waals surface area contributed by atoms with Crippen molar-refractivity contribution >= 4 is 11.6 Å². The first kappa shape index (κ1) is 19.5. The Morgan fingerprint density at radius 1 is 0.857 bits per heavy atom. The van der Waals surface area contributed by atoms with Gasteiger partial charge in [0.1, 0.15) is 5.75 Å². The van der Waals surface area contributed by atoms with E-state index >= 15 is 0 Å². The third-order valence-corrected chi connectivity index (χ3v) is 3.12. The number of halogens is 1. The lowest BCUT2D eigenvalue weighted by Crippen LogP contribution is -1.84. The number of aryl methyl sites for hydroxylation is 2. The first-order valence-corrected chi connectivity index (χ1v) is 7.94. The average molecular weight is 307 g/mol. The van der Waals surface area contributed by atoms with Gasteiger partial charge in [-0.15, -0.1) is 0 Å². The van der Waals surface area contributed by atoms with Gasteiger partial charge in [0, 0.05) is 5.02 Å². The molecule has 0 saturated heterocycles. The second-order valence-electron chi connectivity index (χ2n) is 4.19. The first-order valence-electron chi connectivity index (χ1n) is 7.57. The number of rotatable bonds is 3. The van der Waals surface area contributed by atoms with Gasteiger partial charge in [-0.3, -0.25) is 0 Å². The minimum Gasteiger partial charge on any atom is -0.497 e. The Morgan fingerprint density at radius 3 is 1.90 bits per heavy atom. The zero-order valence-electron chi connectivity index (χ0n) is 13.8. The van der Waals surface area contributed by atoms with Crippen LogP contribution >= 0.6 is 11.6 Å². The second kappa shape index (κ2) is 12.3. The summed E-state index contributed by atoms with van der Waals surface area (Å²) in [5.41, 5.74) is 2.65. The molecule has 0 fully saturated rings. The molecule has 0 unspecified atom stereocenters. The molecule has 2 aromatic rings. The van der Waals surface area contributed by atoms with E-state index < -0.39 is 0 Å². The van der Waals surface area contributed by atoms with E-state index in [0.29, 0.717) is 0 Å². The standard InChI is InChI=1S/C9H12O.C8H9Cl.C2H6/c1-3-8-5-4-6-9(7-8)10-2;1-2-7-3-5-8(9)6-4-7;1-2/h4-7H,3H2,1-2H3;3-6H,2H2,1H3;1-2H3. The van der Waals surface area contributed by atoms with E-state index in [-0.39, 0.29) is 0 Å². The lowest BCUT2D eigenvalue weighted by atomic mass is 10.2. The Kier molecular flexibility index (Phi) is 11.4. The Morgan fingerprint density at radius 2 is 1.43 bits per heavy atom. The number of hydrogen-bond acceptors (Lipinski definition) is 1. The van der Waals surface area contributed by atoms with Crippen LogP contribution in [0.4, 0.5) is 0 Å². The van der Waals surface area contributed by atoms with E-state index in [4.69, 9.17) is 16.3 Å². The topological polar surface area (TPSA) is 9.23 Å². The Bertz CT molecular complexity index is 458. The van der Waals surface area contributed by atoms with E-state index in [0.717, 1.165) is 23.6 Å². The smallest absolute Gasteiger partial charge is 0.119 e. The molecule has 21 heavy (non-hydrogen) atoms. The maximum atomic E-state index is 5.67. The maximum absolute atomic E-state index is 5.67. The zero-order valence-corrected chi connectivity index (χ0v) is 14.6. The highest BCUT2D eigenvalue weighted by Gasteiger charge is 1.90. The van der Waals surface area contributed by atoms with E-state index in [1.54, 1.807) is 7.11 Å². The molecule has 0 aliphatic rings. The lowest BCUT2D eigenvalue weighted by molar-refractivity contribution is 0.414. The van der Waals surface area contributed by atoms with Gasteiger partial charge in [-0.25, -0.2) is 0 Å². The van der Waals surface area contributed by atoms with Crippen molar-refractivity contribution in [2.45, 2.75) is 40.5 Å². The highest BCUT2D eigenvalue weighted by atomic mass is 35.5. The second-order valence-corrected chi connectivity index (χ2v) is 4.62. The number of methoxy groups -OCH3 is 1. The van der Waals surface area contributed by atoms with Crippen molar-refractivity contribution in [2.75, 3.05) is 7.11 Å². The molecule has 0 saturated carbocycles. The van der Waals surface area contributed by atoms with Gasteiger partial charge in [0.25, 0.3) is 0 Å². The fourth-order valence-electron chi connectivity index (χ4n) is 1.61. The average Bonchev–Trinajstić information content (AvgIpc) is 2.58. The van der Waals surface area contributed by atoms with Crippen LogP contribution in [0.1, 0.15) is 38.8 Å². The van der Waals surface area contributed by atoms with Crippen LogP contribution in [-0.2, 0) is 12.8 Å². The molecular weight excluding hydrogens is 280 g/mol. The van der Waals surface area contributed by atoms with Crippen LogP contribution in [0.15, 0.2) is 48.5 Å². The van der Waals surface area contributed by atoms with Gasteiger partial charge in [0.05, 0.1) is 7.11 Å². The molecule has 2 aromatic carbocycles. The summed E-state index contributed by atoms with van der Waals surface area (Å²) in [6.07, 6.45) is 2.15. The minimum absolute atomic E-state index is 0.812. The van der Waals surface area contributed by atoms with Crippen LogP contribution in [0.3, 0.4) is 0 Å². The van der Waals surface area contributed by atoms with Crippen LogP contribution in [0, 0.1) is 0 Å². The largest absolute Gasteiger partial charge is 0.497 e. The summed E-state index contributed by atoms with van der Waals surface area (Å²) in [5, 5.41) is 0.812. The van der Waals surface area contributed by atoms with E-state index in [1.807, 2.05) is 50.2 Å². The summed E-state index contributed by atoms with van der Waals surface area (Å²) >= 11 is 5.67. The minimum atomic E-state index is 0.812. The molecule has 116 valence electrons. The van der Waals surface area contributed by atoms with Crippen molar-refractivity contribution in [2.24, 2.45) is 0 Å². The maximum Gasteiger partial charge on any atom is 0.119 e. The fraction of sp³-hybridized carbons (Fsp3) is 0.368. The Labute approximate surface area is 134 Å². The molecular formula is C19H27ClO. The SMILES string of the molecule is CC.CCc1ccc(Cl)cc1.CCc1cccc(OC)c1. The van der Waals surface area contributed by atoms with Gasteiger partial charge >= 0.3 is 0 Å². The molecule has 0 aromatic heterocycles. The van der Waals surface area contributed by atoms with Gasteiger partial charge in [-0.2, -0.15) is 0 Å². The summed E-state index contributed by atoms with van der Waals surface area (Å²) in [4.78, 5) is 0. The fourth-order valence-corrected chi connectivity index (χ4v) is 1.74. The molecule has 0 heterocycles. The zero-order chi connectivity index (χ0) is 16.1. The summed E-state index contributed by atoms with van der Waals surface area (Å²) < 4.78 is 5.06. The molecule has 2 heteroatoms. The summed E-state index contributed by atoms with van der Waals surface area (Å²) in [6.45, 7) is 8.26. The van der Waals surface area contributed by atoms with Gasteiger partial charge in [0.15, 0.2) is 0 Å². The Hall–Kier alpha value is -1.47. The molecule has 2 rings (SSSR count). The third-order valence-electron chi connectivity index (χ3n) is 2.86. The van der Waals surface area contributed by atoms with Crippen molar-refractivity contribution in [3.05, 3.63) is 64.7 Å². The molecule has 1 nitrogen and oxygen atoms in total. The van der Waals surface area contributed by atoms with E-state index in [2.05, 4.69) is 26.0 Å². The normalized spacial score (nSPS) is 8.86. The monoisotopic (exact) mass is 306 g/mol. The summed E-state index contributed by atoms with van der Waals surface area (Å²) in [5.74, 6) is 0.944. The molecule has 0 atom stereocenters. The van der Waals surface area contributed by atoms with Crippen LogP contribution in [0.5, 0.6) is 5.75 Å². The molecule has 0 aliphatic heterocycles. The molecule has 0 amide bonds. The Balaban J connectivity index is 0.000000342. The van der Waals surface area contributed by atoms with Crippen LogP contribution in [0.25, 0.3) is 0 Å². The quantitative estimate of drug-likeness (QED) is 0.657. The highest BCUT2D eigenvalue weighted by Crippen LogP contribution is 2.12. The van der Waals surface area contributed by atoms with Crippen molar-refractivity contribution < 1.29 is 4.74 Å². The van der Waals surface area contributed by atoms with Gasteiger partial charge in [0.2, 0.25) is 0 Å². The number of hydrogen-bond donors (Lipinski definition) is 0. The van der Waals surface area contributed by atoms with Crippen LogP contribution in [-0.4, -0.2) is 7.11 Å². The number of ether oxygens (including phenoxy) is 1. The molecule has 0 bridgehead atoms. The van der Waals surface area contributed by atoms with Crippen LogP contribution in [0.2, 0.25) is 5.02 Å². The van der Waals surface area contributed by atoms with Crippen molar-refractivity contribution in [1.82, 2.24) is 0 Å². The third kappa shape index (κ3) is 8.41. The van der Waals surface area contributed by atoms with Crippen LogP contribution < -0.4 is 4.74 Å². The summed E-state index contributed by atoms with van der Waals surface area (Å²) in [7, 11) is 1.69. The lowest BCUT2D eigenvalue weighted by Gasteiger charge is -2.00. The predicted octanol–water partition coefficient (Wildman–Crippen LogP) is 6.19. The molecule has 0 spiro atoms. The first-order chi connectivity index (χ1) is 10.2. The van der Waals surface area contributed by atoms with Gasteiger partial charge < -0.3 is 4.74 Å².